The normalized spacial score (nSPS) is 16.9. The maximum absolute atomic E-state index is 7.35. The molecule has 0 fully saturated rings. The number of rotatable bonds is 2. The van der Waals surface area contributed by atoms with Crippen LogP contribution in [0.15, 0.2) is 95.4 Å². The van der Waals surface area contributed by atoms with Gasteiger partial charge in [0.2, 0.25) is 0 Å². The first-order valence-corrected chi connectivity index (χ1v) is 23.0. The highest BCUT2D eigenvalue weighted by atomic mass is 32.1. The summed E-state index contributed by atoms with van der Waals surface area (Å²) in [5, 5.41) is 2.49. The molecule has 10 rings (SSSR count). The minimum Gasteiger partial charge on any atom is -0.468 e. The number of anilines is 6. The molecule has 0 amide bonds. The molecule has 60 heavy (non-hydrogen) atoms. The number of furan rings is 1. The molecular weight excluding hydrogens is 747 g/mol. The molecule has 0 spiro atoms. The highest BCUT2D eigenvalue weighted by molar-refractivity contribution is 7.33. The molecule has 0 bridgehead atoms. The molecule has 306 valence electrons. The molecule has 0 atom stereocenters. The Balaban J connectivity index is 1.33. The summed E-state index contributed by atoms with van der Waals surface area (Å²) in [7, 11) is 0. The molecule has 3 aliphatic rings. The van der Waals surface area contributed by atoms with E-state index < -0.39 is 0 Å². The van der Waals surface area contributed by atoms with Crippen LogP contribution in [0.1, 0.15) is 136 Å². The van der Waals surface area contributed by atoms with Gasteiger partial charge in [0, 0.05) is 43.0 Å². The van der Waals surface area contributed by atoms with E-state index >= 15 is 0 Å². The Morgan fingerprint density at radius 2 is 1.10 bits per heavy atom. The zero-order valence-electron chi connectivity index (χ0n) is 38.4. The highest BCUT2D eigenvalue weighted by Gasteiger charge is 2.49. The second kappa shape index (κ2) is 12.7. The number of fused-ring (bicyclic) bond motifs is 9. The quantitative estimate of drug-likeness (QED) is 0.162. The number of nitrogens with zero attached hydrogens (tertiary/aromatic N) is 2. The monoisotopic (exact) mass is 808 g/mol. The summed E-state index contributed by atoms with van der Waals surface area (Å²) in [6.45, 7) is 32.8. The Labute approximate surface area is 362 Å². The van der Waals surface area contributed by atoms with Crippen LogP contribution < -0.4 is 25.7 Å². The van der Waals surface area contributed by atoms with Crippen LogP contribution in [0.3, 0.4) is 0 Å². The maximum atomic E-state index is 7.35. The van der Waals surface area contributed by atoms with Gasteiger partial charge in [-0.05, 0) is 146 Å². The SMILES string of the molecule is Cc1cc2c3c(c1)N(c1ccc(C(C)(C)C)cc1)c1c(sc4ccc(C(C)(C)C)cc14)B3c1oc3ccc(C(C)(C)C)cc3c1N2c1ccc2c(c1)C(C)(C)CCC2(C)C. The van der Waals surface area contributed by atoms with Crippen LogP contribution >= 0.6 is 11.3 Å². The molecule has 0 N–H and O–H groups in total. The van der Waals surface area contributed by atoms with Crippen molar-refractivity contribution in [3.63, 3.8) is 0 Å². The maximum Gasteiger partial charge on any atom is 0.309 e. The number of benzene rings is 5. The third kappa shape index (κ3) is 5.88. The second-order valence-corrected chi connectivity index (χ2v) is 23.8. The number of hydrogen-bond acceptors (Lipinski definition) is 4. The summed E-state index contributed by atoms with van der Waals surface area (Å²) >= 11 is 1.94. The van der Waals surface area contributed by atoms with Crippen molar-refractivity contribution >= 4 is 89.1 Å². The smallest absolute Gasteiger partial charge is 0.309 e. The number of thiophene rings is 1. The molecule has 2 aromatic heterocycles. The summed E-state index contributed by atoms with van der Waals surface area (Å²) in [5.74, 6) is 0. The number of aryl methyl sites for hydroxylation is 1. The minimum atomic E-state index is -0.0732. The molecule has 7 aromatic rings. The molecule has 3 nitrogen and oxygen atoms in total. The van der Waals surface area contributed by atoms with Crippen molar-refractivity contribution in [2.45, 2.75) is 137 Å². The van der Waals surface area contributed by atoms with Crippen molar-refractivity contribution in [2.24, 2.45) is 0 Å². The standard InChI is InChI=1S/C55H61BN2OS/c1-32-27-42-46-43(28-32)58(37-21-22-40-41(31-37)55(13,14)26-25-54(40,11)12)47-38-29-34(52(5,6)7)17-23-44(38)59-49(47)56(46)50-48(39-30-35(53(8,9)10)18-24-45(39)60-50)57(42)36-19-15-33(16-20-36)51(2,3)4/h15-24,27-31H,25-26H2,1-14H3. The fourth-order valence-electron chi connectivity index (χ4n) is 10.4. The predicted octanol–water partition coefficient (Wildman–Crippen LogP) is 14.3. The van der Waals surface area contributed by atoms with Crippen molar-refractivity contribution in [3.8, 4) is 0 Å². The molecule has 0 radical (unpaired) electrons. The molecule has 1 aliphatic carbocycles. The van der Waals surface area contributed by atoms with Gasteiger partial charge >= 0.3 is 6.71 Å². The Kier molecular flexibility index (Phi) is 8.32. The van der Waals surface area contributed by atoms with Gasteiger partial charge in [0.1, 0.15) is 11.2 Å². The van der Waals surface area contributed by atoms with Gasteiger partial charge in [-0.2, -0.15) is 0 Å². The zero-order chi connectivity index (χ0) is 42.6. The van der Waals surface area contributed by atoms with Crippen LogP contribution in [0.4, 0.5) is 34.1 Å². The van der Waals surface area contributed by atoms with Gasteiger partial charge < -0.3 is 14.2 Å². The topological polar surface area (TPSA) is 19.6 Å². The van der Waals surface area contributed by atoms with Gasteiger partial charge in [-0.25, -0.2) is 0 Å². The fraction of sp³-hybridized carbons (Fsp3) is 0.382. The van der Waals surface area contributed by atoms with Crippen LogP contribution in [-0.2, 0) is 27.1 Å². The van der Waals surface area contributed by atoms with E-state index in [1.54, 1.807) is 0 Å². The molecule has 0 unspecified atom stereocenters. The predicted molar refractivity (Wildman–Crippen MR) is 262 cm³/mol. The Bertz CT molecular complexity index is 2900. The van der Waals surface area contributed by atoms with E-state index in [0.29, 0.717) is 0 Å². The van der Waals surface area contributed by atoms with Crippen LogP contribution in [-0.4, -0.2) is 6.71 Å². The van der Waals surface area contributed by atoms with E-state index in [0.717, 1.165) is 11.2 Å². The molecular formula is C55H61BN2OS. The van der Waals surface area contributed by atoms with Crippen LogP contribution in [0.2, 0.25) is 0 Å². The van der Waals surface area contributed by atoms with E-state index in [9.17, 15) is 0 Å². The summed E-state index contributed by atoms with van der Waals surface area (Å²) in [6.07, 6.45) is 2.36. The van der Waals surface area contributed by atoms with Crippen LogP contribution in [0, 0.1) is 6.92 Å². The van der Waals surface area contributed by atoms with E-state index in [1.807, 2.05) is 11.3 Å². The Morgan fingerprint density at radius 3 is 1.72 bits per heavy atom. The third-order valence-electron chi connectivity index (χ3n) is 14.2. The summed E-state index contributed by atoms with van der Waals surface area (Å²) in [4.78, 5) is 5.18. The van der Waals surface area contributed by atoms with Gasteiger partial charge in [0.05, 0.1) is 11.4 Å². The van der Waals surface area contributed by atoms with Crippen LogP contribution in [0.25, 0.3) is 21.1 Å². The lowest BCUT2D eigenvalue weighted by molar-refractivity contribution is 0.332. The van der Waals surface area contributed by atoms with Gasteiger partial charge in [-0.1, -0.05) is 120 Å². The molecule has 0 saturated carbocycles. The Hall–Kier alpha value is -4.74. The van der Waals surface area contributed by atoms with Crippen molar-refractivity contribution in [1.82, 2.24) is 0 Å². The number of hydrogen-bond donors (Lipinski definition) is 0. The van der Waals surface area contributed by atoms with Gasteiger partial charge in [-0.15, -0.1) is 11.3 Å². The fourth-order valence-corrected chi connectivity index (χ4v) is 11.7. The molecule has 2 aliphatic heterocycles. The first-order valence-electron chi connectivity index (χ1n) is 22.2. The average molecular weight is 809 g/mol. The molecule has 4 heterocycles. The van der Waals surface area contributed by atoms with Crippen LogP contribution in [0.5, 0.6) is 0 Å². The summed E-state index contributed by atoms with van der Waals surface area (Å²) in [5.41, 5.74) is 19.1. The van der Waals surface area contributed by atoms with Crippen molar-refractivity contribution in [3.05, 3.63) is 124 Å². The van der Waals surface area contributed by atoms with Gasteiger partial charge in [0.15, 0.2) is 0 Å². The van der Waals surface area contributed by atoms with Gasteiger partial charge in [-0.3, -0.25) is 0 Å². The van der Waals surface area contributed by atoms with Gasteiger partial charge in [0.25, 0.3) is 0 Å². The van der Waals surface area contributed by atoms with E-state index in [2.05, 4.69) is 198 Å². The summed E-state index contributed by atoms with van der Waals surface area (Å²) in [6, 6.07) is 35.8. The molecule has 0 saturated heterocycles. The molecule has 5 aromatic carbocycles. The lowest BCUT2D eigenvalue weighted by atomic mass is 9.38. The Morgan fingerprint density at radius 1 is 0.567 bits per heavy atom. The van der Waals surface area contributed by atoms with Crippen molar-refractivity contribution in [1.29, 1.82) is 0 Å². The first kappa shape index (κ1) is 39.4. The zero-order valence-corrected chi connectivity index (χ0v) is 39.2. The lowest BCUT2D eigenvalue weighted by Crippen LogP contribution is -2.60. The van der Waals surface area contributed by atoms with E-state index in [1.165, 1.54) is 106 Å². The molecule has 5 heteroatoms. The highest BCUT2D eigenvalue weighted by Crippen LogP contribution is 2.53. The lowest BCUT2D eigenvalue weighted by Gasteiger charge is -2.44. The minimum absolute atomic E-state index is 0.0131. The van der Waals surface area contributed by atoms with E-state index in [-0.39, 0.29) is 33.8 Å². The first-order chi connectivity index (χ1) is 28.0. The summed E-state index contributed by atoms with van der Waals surface area (Å²) < 4.78 is 10.0. The largest absolute Gasteiger partial charge is 0.468 e. The van der Waals surface area contributed by atoms with Crippen molar-refractivity contribution < 1.29 is 4.42 Å². The average Bonchev–Trinajstić information content (AvgIpc) is 3.74. The second-order valence-electron chi connectivity index (χ2n) is 22.7. The van der Waals surface area contributed by atoms with Crippen molar-refractivity contribution in [2.75, 3.05) is 9.80 Å². The van der Waals surface area contributed by atoms with E-state index in [4.69, 9.17) is 4.42 Å². The third-order valence-corrected chi connectivity index (χ3v) is 15.4.